The van der Waals surface area contributed by atoms with Crippen LogP contribution in [-0.2, 0) is 6.42 Å². The van der Waals surface area contributed by atoms with Crippen molar-refractivity contribution in [2.45, 2.75) is 6.42 Å². The van der Waals surface area contributed by atoms with Crippen molar-refractivity contribution < 1.29 is 4.74 Å². The van der Waals surface area contributed by atoms with E-state index in [1.165, 1.54) is 5.56 Å². The van der Waals surface area contributed by atoms with Crippen LogP contribution in [0, 0.1) is 0 Å². The Bertz CT molecular complexity index is 274. The van der Waals surface area contributed by atoms with Gasteiger partial charge in [-0.2, -0.15) is 0 Å². The minimum Gasteiger partial charge on any atom is -0.495 e. The Labute approximate surface area is 78.9 Å². The second-order valence-electron chi connectivity index (χ2n) is 2.82. The summed E-state index contributed by atoms with van der Waals surface area (Å²) in [5.74, 6) is 0.864. The van der Waals surface area contributed by atoms with Crippen LogP contribution in [0.4, 0.5) is 5.69 Å². The standard InChI is InChI=1S/C10H16N2O/c1-12-9-7-8(5-6-11)3-4-10(9)13-2/h3-4,7,12H,5-6,11H2,1-2H3. The predicted octanol–water partition coefficient (Wildman–Crippen LogP) is 1.24. The molecule has 0 saturated heterocycles. The Hall–Kier alpha value is -1.22. The van der Waals surface area contributed by atoms with Crippen LogP contribution in [0.1, 0.15) is 5.56 Å². The van der Waals surface area contributed by atoms with E-state index in [2.05, 4.69) is 11.4 Å². The van der Waals surface area contributed by atoms with Gasteiger partial charge in [0.1, 0.15) is 5.75 Å². The van der Waals surface area contributed by atoms with Crippen molar-refractivity contribution in [2.24, 2.45) is 5.73 Å². The molecular weight excluding hydrogens is 164 g/mol. The van der Waals surface area contributed by atoms with E-state index in [1.807, 2.05) is 19.2 Å². The van der Waals surface area contributed by atoms with Crippen molar-refractivity contribution in [3.8, 4) is 5.75 Å². The fourth-order valence-electron chi connectivity index (χ4n) is 1.27. The van der Waals surface area contributed by atoms with E-state index in [-0.39, 0.29) is 0 Å². The zero-order valence-corrected chi connectivity index (χ0v) is 8.13. The number of anilines is 1. The van der Waals surface area contributed by atoms with Crippen LogP contribution in [0.5, 0.6) is 5.75 Å². The molecule has 0 atom stereocenters. The Kier molecular flexibility index (Phi) is 3.58. The Balaban J connectivity index is 2.91. The molecule has 3 heteroatoms. The third-order valence-electron chi connectivity index (χ3n) is 1.97. The Morgan fingerprint density at radius 1 is 1.46 bits per heavy atom. The molecule has 13 heavy (non-hydrogen) atoms. The van der Waals surface area contributed by atoms with Gasteiger partial charge in [-0.25, -0.2) is 0 Å². The first kappa shape index (κ1) is 9.86. The van der Waals surface area contributed by atoms with Gasteiger partial charge in [0.25, 0.3) is 0 Å². The van der Waals surface area contributed by atoms with E-state index in [9.17, 15) is 0 Å². The number of hydrogen-bond acceptors (Lipinski definition) is 3. The number of methoxy groups -OCH3 is 1. The molecule has 0 bridgehead atoms. The molecule has 0 aliphatic heterocycles. The molecule has 72 valence electrons. The lowest BCUT2D eigenvalue weighted by molar-refractivity contribution is 0.416. The quantitative estimate of drug-likeness (QED) is 0.732. The van der Waals surface area contributed by atoms with E-state index in [0.717, 1.165) is 17.9 Å². The van der Waals surface area contributed by atoms with Crippen molar-refractivity contribution in [3.05, 3.63) is 23.8 Å². The summed E-state index contributed by atoms with van der Waals surface area (Å²) in [5.41, 5.74) is 7.71. The smallest absolute Gasteiger partial charge is 0.141 e. The largest absolute Gasteiger partial charge is 0.495 e. The molecule has 0 radical (unpaired) electrons. The minimum absolute atomic E-state index is 0.676. The highest BCUT2D eigenvalue weighted by Crippen LogP contribution is 2.24. The Morgan fingerprint density at radius 2 is 2.23 bits per heavy atom. The van der Waals surface area contributed by atoms with Crippen LogP contribution in [0.2, 0.25) is 0 Å². The van der Waals surface area contributed by atoms with E-state index < -0.39 is 0 Å². The van der Waals surface area contributed by atoms with Gasteiger partial charge in [-0.05, 0) is 30.7 Å². The third kappa shape index (κ3) is 2.36. The van der Waals surface area contributed by atoms with Gasteiger partial charge in [0.05, 0.1) is 12.8 Å². The summed E-state index contributed by atoms with van der Waals surface area (Å²) in [5, 5.41) is 3.08. The number of nitrogens with one attached hydrogen (secondary N) is 1. The molecule has 0 saturated carbocycles. The second-order valence-corrected chi connectivity index (χ2v) is 2.82. The monoisotopic (exact) mass is 180 g/mol. The molecule has 0 heterocycles. The van der Waals surface area contributed by atoms with Gasteiger partial charge in [0.2, 0.25) is 0 Å². The van der Waals surface area contributed by atoms with Crippen LogP contribution >= 0.6 is 0 Å². The molecular formula is C10H16N2O. The van der Waals surface area contributed by atoms with Gasteiger partial charge in [-0.15, -0.1) is 0 Å². The highest BCUT2D eigenvalue weighted by molar-refractivity contribution is 5.57. The van der Waals surface area contributed by atoms with Crippen molar-refractivity contribution in [3.63, 3.8) is 0 Å². The molecule has 0 aromatic heterocycles. The normalized spacial score (nSPS) is 9.77. The molecule has 0 fully saturated rings. The number of benzene rings is 1. The first-order chi connectivity index (χ1) is 6.31. The fourth-order valence-corrected chi connectivity index (χ4v) is 1.27. The first-order valence-corrected chi connectivity index (χ1v) is 4.36. The summed E-state index contributed by atoms with van der Waals surface area (Å²) in [6.45, 7) is 0.676. The minimum atomic E-state index is 0.676. The van der Waals surface area contributed by atoms with Crippen LogP contribution in [0.3, 0.4) is 0 Å². The molecule has 0 aliphatic rings. The molecule has 0 amide bonds. The van der Waals surface area contributed by atoms with E-state index in [0.29, 0.717) is 6.54 Å². The molecule has 0 spiro atoms. The van der Waals surface area contributed by atoms with Crippen LogP contribution in [0.15, 0.2) is 18.2 Å². The fraction of sp³-hybridized carbons (Fsp3) is 0.400. The van der Waals surface area contributed by atoms with Gasteiger partial charge in [-0.1, -0.05) is 6.07 Å². The van der Waals surface area contributed by atoms with Crippen LogP contribution < -0.4 is 15.8 Å². The van der Waals surface area contributed by atoms with E-state index in [1.54, 1.807) is 7.11 Å². The molecule has 1 rings (SSSR count). The lowest BCUT2D eigenvalue weighted by Crippen LogP contribution is -2.03. The zero-order chi connectivity index (χ0) is 9.68. The van der Waals surface area contributed by atoms with E-state index in [4.69, 9.17) is 10.5 Å². The predicted molar refractivity (Wildman–Crippen MR) is 55.3 cm³/mol. The van der Waals surface area contributed by atoms with Gasteiger partial charge in [-0.3, -0.25) is 0 Å². The SMILES string of the molecule is CNc1cc(CCN)ccc1OC. The third-order valence-corrected chi connectivity index (χ3v) is 1.97. The maximum Gasteiger partial charge on any atom is 0.141 e. The van der Waals surface area contributed by atoms with Gasteiger partial charge in [0.15, 0.2) is 0 Å². The summed E-state index contributed by atoms with van der Waals surface area (Å²) in [7, 11) is 3.54. The second kappa shape index (κ2) is 4.72. The highest BCUT2D eigenvalue weighted by Gasteiger charge is 2.01. The van der Waals surface area contributed by atoms with Crippen LogP contribution in [-0.4, -0.2) is 20.7 Å². The van der Waals surface area contributed by atoms with Crippen LogP contribution in [0.25, 0.3) is 0 Å². The average molecular weight is 180 g/mol. The number of nitrogens with two attached hydrogens (primary N) is 1. The average Bonchev–Trinajstić information content (AvgIpc) is 2.18. The summed E-state index contributed by atoms with van der Waals surface area (Å²) in [6.07, 6.45) is 0.901. The van der Waals surface area contributed by atoms with Crippen molar-refractivity contribution in [1.29, 1.82) is 0 Å². The number of rotatable bonds is 4. The first-order valence-electron chi connectivity index (χ1n) is 4.36. The van der Waals surface area contributed by atoms with Gasteiger partial charge >= 0.3 is 0 Å². The maximum absolute atomic E-state index is 5.47. The number of ether oxygens (including phenoxy) is 1. The van der Waals surface area contributed by atoms with Gasteiger partial charge < -0.3 is 15.8 Å². The molecule has 3 N–H and O–H groups in total. The molecule has 1 aromatic carbocycles. The molecule has 0 unspecified atom stereocenters. The topological polar surface area (TPSA) is 47.3 Å². The lowest BCUT2D eigenvalue weighted by Gasteiger charge is -2.09. The molecule has 0 aliphatic carbocycles. The van der Waals surface area contributed by atoms with Crippen molar-refractivity contribution in [2.75, 3.05) is 26.0 Å². The van der Waals surface area contributed by atoms with E-state index >= 15 is 0 Å². The van der Waals surface area contributed by atoms with Crippen molar-refractivity contribution in [1.82, 2.24) is 0 Å². The summed E-state index contributed by atoms with van der Waals surface area (Å²) in [4.78, 5) is 0. The van der Waals surface area contributed by atoms with Crippen molar-refractivity contribution >= 4 is 5.69 Å². The summed E-state index contributed by atoms with van der Waals surface area (Å²) >= 11 is 0. The highest BCUT2D eigenvalue weighted by atomic mass is 16.5. The maximum atomic E-state index is 5.47. The zero-order valence-electron chi connectivity index (χ0n) is 8.13. The lowest BCUT2D eigenvalue weighted by atomic mass is 10.1. The molecule has 1 aromatic rings. The Morgan fingerprint density at radius 3 is 2.77 bits per heavy atom. The van der Waals surface area contributed by atoms with Gasteiger partial charge in [0, 0.05) is 7.05 Å². The summed E-state index contributed by atoms with van der Waals surface area (Å²) in [6, 6.07) is 6.05. The number of hydrogen-bond donors (Lipinski definition) is 2. The summed E-state index contributed by atoms with van der Waals surface area (Å²) < 4.78 is 5.18. The molecule has 3 nitrogen and oxygen atoms in total.